The quantitative estimate of drug-likeness (QED) is 0.691. The predicted octanol–water partition coefficient (Wildman–Crippen LogP) is 3.25. The Hall–Kier alpha value is -2.34. The monoisotopic (exact) mass is 358 g/mol. The van der Waals surface area contributed by atoms with Crippen molar-refractivity contribution in [1.29, 1.82) is 0 Å². The number of aromatic nitrogens is 1. The van der Waals surface area contributed by atoms with Crippen LogP contribution in [0.25, 0.3) is 10.9 Å². The number of amides is 1. The van der Waals surface area contributed by atoms with Crippen LogP contribution in [0.2, 0.25) is 0 Å². The number of aromatic amines is 1. The molecule has 6 heteroatoms. The normalized spacial score (nSPS) is 23.1. The van der Waals surface area contributed by atoms with Gasteiger partial charge in [0.15, 0.2) is 6.10 Å². The van der Waals surface area contributed by atoms with Crippen LogP contribution in [0.1, 0.15) is 48.5 Å². The Morgan fingerprint density at radius 3 is 2.92 bits per heavy atom. The number of benzene rings is 1. The second-order valence-electron chi connectivity index (χ2n) is 7.20. The first-order valence-electron chi connectivity index (χ1n) is 9.20. The van der Waals surface area contributed by atoms with Gasteiger partial charge < -0.3 is 20.1 Å². The number of H-pyrrole nitrogens is 1. The van der Waals surface area contributed by atoms with Gasteiger partial charge in [-0.2, -0.15) is 0 Å². The molecule has 1 aliphatic heterocycles. The number of aliphatic carboxylic acids is 1. The maximum Gasteiger partial charge on any atom is 0.333 e. The van der Waals surface area contributed by atoms with E-state index in [0.29, 0.717) is 12.1 Å². The molecule has 0 aliphatic carbocycles. The van der Waals surface area contributed by atoms with E-state index in [-0.39, 0.29) is 17.9 Å². The largest absolute Gasteiger partial charge is 0.479 e. The number of hydrogen-bond donors (Lipinski definition) is 3. The Morgan fingerprint density at radius 1 is 1.35 bits per heavy atom. The smallest absolute Gasteiger partial charge is 0.333 e. The molecule has 3 N–H and O–H groups in total. The lowest BCUT2D eigenvalue weighted by atomic mass is 9.92. The summed E-state index contributed by atoms with van der Waals surface area (Å²) in [6.45, 7) is 4.45. The minimum absolute atomic E-state index is 0.0392. The number of rotatable bonds is 6. The van der Waals surface area contributed by atoms with Crippen LogP contribution < -0.4 is 5.32 Å². The van der Waals surface area contributed by atoms with Crippen LogP contribution in [0.15, 0.2) is 24.4 Å². The van der Waals surface area contributed by atoms with Gasteiger partial charge in [0.1, 0.15) is 0 Å². The summed E-state index contributed by atoms with van der Waals surface area (Å²) in [7, 11) is 0. The lowest BCUT2D eigenvalue weighted by Gasteiger charge is -2.32. The van der Waals surface area contributed by atoms with E-state index in [9.17, 15) is 14.7 Å². The van der Waals surface area contributed by atoms with Gasteiger partial charge >= 0.3 is 5.97 Å². The summed E-state index contributed by atoms with van der Waals surface area (Å²) in [6, 6.07) is 5.73. The molecule has 140 valence electrons. The van der Waals surface area contributed by atoms with Gasteiger partial charge in [-0.25, -0.2) is 4.79 Å². The van der Waals surface area contributed by atoms with Crippen LogP contribution in [0.4, 0.5) is 0 Å². The molecule has 1 aromatic carbocycles. The molecular formula is C20H26N2O4. The van der Waals surface area contributed by atoms with Gasteiger partial charge in [-0.1, -0.05) is 6.92 Å². The zero-order valence-corrected chi connectivity index (χ0v) is 15.2. The number of aryl methyl sites for hydroxylation is 1. The summed E-state index contributed by atoms with van der Waals surface area (Å²) in [4.78, 5) is 26.7. The first-order chi connectivity index (χ1) is 12.5. The highest BCUT2D eigenvalue weighted by atomic mass is 16.5. The van der Waals surface area contributed by atoms with Gasteiger partial charge in [0, 0.05) is 29.2 Å². The van der Waals surface area contributed by atoms with Gasteiger partial charge in [0.05, 0.1) is 6.10 Å². The average Bonchev–Trinajstić information content (AvgIpc) is 3.08. The van der Waals surface area contributed by atoms with E-state index in [2.05, 4.69) is 10.3 Å². The lowest BCUT2D eigenvalue weighted by molar-refractivity contribution is -0.165. The fourth-order valence-corrected chi connectivity index (χ4v) is 3.65. The molecule has 1 amide bonds. The lowest BCUT2D eigenvalue weighted by Crippen LogP contribution is -2.39. The molecule has 1 fully saturated rings. The number of carboxylic acids is 1. The number of carboxylic acid groups (broad SMARTS) is 1. The van der Waals surface area contributed by atoms with Crippen molar-refractivity contribution in [3.05, 3.63) is 35.5 Å². The van der Waals surface area contributed by atoms with E-state index < -0.39 is 12.1 Å². The molecule has 3 unspecified atom stereocenters. The summed E-state index contributed by atoms with van der Waals surface area (Å²) in [6.07, 6.45) is 4.39. The molecule has 2 aromatic rings. The summed E-state index contributed by atoms with van der Waals surface area (Å²) in [5.74, 6) is -0.918. The molecule has 1 saturated heterocycles. The second kappa shape index (κ2) is 7.91. The first kappa shape index (κ1) is 18.5. The van der Waals surface area contributed by atoms with Gasteiger partial charge in [-0.05, 0) is 62.3 Å². The highest BCUT2D eigenvalue weighted by Gasteiger charge is 2.33. The van der Waals surface area contributed by atoms with Crippen LogP contribution in [0.5, 0.6) is 0 Å². The summed E-state index contributed by atoms with van der Waals surface area (Å²) < 4.78 is 5.69. The minimum atomic E-state index is -0.883. The molecule has 0 spiro atoms. The van der Waals surface area contributed by atoms with Crippen molar-refractivity contribution in [2.45, 2.75) is 51.7 Å². The average molecular weight is 358 g/mol. The third kappa shape index (κ3) is 4.07. The maximum atomic E-state index is 12.4. The summed E-state index contributed by atoms with van der Waals surface area (Å²) in [5, 5.41) is 13.2. The summed E-state index contributed by atoms with van der Waals surface area (Å²) in [5.41, 5.74) is 2.75. The molecular weight excluding hydrogens is 332 g/mol. The van der Waals surface area contributed by atoms with Gasteiger partial charge in [0.25, 0.3) is 5.91 Å². The van der Waals surface area contributed by atoms with Crippen molar-refractivity contribution in [2.75, 3.05) is 6.54 Å². The first-order valence-corrected chi connectivity index (χ1v) is 9.20. The molecule has 6 nitrogen and oxygen atoms in total. The van der Waals surface area contributed by atoms with Gasteiger partial charge in [-0.15, -0.1) is 0 Å². The third-order valence-electron chi connectivity index (χ3n) is 5.15. The minimum Gasteiger partial charge on any atom is -0.479 e. The molecule has 0 bridgehead atoms. The fraction of sp³-hybridized carbons (Fsp3) is 0.500. The highest BCUT2D eigenvalue weighted by molar-refractivity contribution is 5.99. The second-order valence-corrected chi connectivity index (χ2v) is 7.20. The van der Waals surface area contributed by atoms with Crippen molar-refractivity contribution in [1.82, 2.24) is 10.3 Å². The molecule has 0 saturated carbocycles. The van der Waals surface area contributed by atoms with E-state index in [1.165, 1.54) is 0 Å². The Morgan fingerprint density at radius 2 is 2.15 bits per heavy atom. The van der Waals surface area contributed by atoms with Crippen molar-refractivity contribution in [2.24, 2.45) is 5.92 Å². The van der Waals surface area contributed by atoms with Crippen LogP contribution in [-0.2, 0) is 9.53 Å². The Labute approximate surface area is 152 Å². The predicted molar refractivity (Wildman–Crippen MR) is 99.3 cm³/mol. The molecule has 1 aliphatic rings. The van der Waals surface area contributed by atoms with E-state index in [4.69, 9.17) is 4.74 Å². The standard InChI is InChI=1S/C20H26N2O4/c1-12-5-6-16(26-18(12)20(24)25)4-3-8-22-19(23)15-10-13(2)17-14(11-15)7-9-21-17/h7,9-12,16,18,21H,3-6,8H2,1-2H3,(H,22,23)(H,24,25). The zero-order chi connectivity index (χ0) is 18.7. The number of ether oxygens (including phenoxy) is 1. The van der Waals surface area contributed by atoms with Crippen LogP contribution in [0.3, 0.4) is 0 Å². The number of carbonyl (C=O) groups is 2. The Balaban J connectivity index is 1.47. The van der Waals surface area contributed by atoms with E-state index >= 15 is 0 Å². The number of hydrogen-bond acceptors (Lipinski definition) is 3. The SMILES string of the molecule is Cc1cc(C(=O)NCCCC2CCC(C)C(C(=O)O)O2)cc2cc[nH]c12. The molecule has 26 heavy (non-hydrogen) atoms. The van der Waals surface area contributed by atoms with Crippen LogP contribution in [0, 0.1) is 12.8 Å². The molecule has 3 atom stereocenters. The fourth-order valence-electron chi connectivity index (χ4n) is 3.65. The molecule has 2 heterocycles. The molecule has 0 radical (unpaired) electrons. The number of nitrogens with one attached hydrogen (secondary N) is 2. The van der Waals surface area contributed by atoms with Gasteiger partial charge in [0.2, 0.25) is 0 Å². The third-order valence-corrected chi connectivity index (χ3v) is 5.15. The summed E-state index contributed by atoms with van der Waals surface area (Å²) >= 11 is 0. The molecule has 3 rings (SSSR count). The van der Waals surface area contributed by atoms with E-state index in [0.717, 1.165) is 42.1 Å². The molecule has 1 aromatic heterocycles. The number of fused-ring (bicyclic) bond motifs is 1. The van der Waals surface area contributed by atoms with Crippen LogP contribution in [-0.4, -0.2) is 40.7 Å². The van der Waals surface area contributed by atoms with Crippen LogP contribution >= 0.6 is 0 Å². The topological polar surface area (TPSA) is 91.4 Å². The van der Waals surface area contributed by atoms with E-state index in [1.54, 1.807) is 0 Å². The zero-order valence-electron chi connectivity index (χ0n) is 15.2. The van der Waals surface area contributed by atoms with Gasteiger partial charge in [-0.3, -0.25) is 4.79 Å². The highest BCUT2D eigenvalue weighted by Crippen LogP contribution is 2.27. The van der Waals surface area contributed by atoms with E-state index in [1.807, 2.05) is 38.2 Å². The Bertz CT molecular complexity index is 798. The number of carbonyl (C=O) groups excluding carboxylic acids is 1. The van der Waals surface area contributed by atoms with Crippen molar-refractivity contribution < 1.29 is 19.4 Å². The van der Waals surface area contributed by atoms with Crippen molar-refractivity contribution in [3.8, 4) is 0 Å². The van der Waals surface area contributed by atoms with Crippen molar-refractivity contribution >= 4 is 22.8 Å². The Kier molecular flexibility index (Phi) is 5.61. The maximum absolute atomic E-state index is 12.4. The van der Waals surface area contributed by atoms with Crippen molar-refractivity contribution in [3.63, 3.8) is 0 Å².